The van der Waals surface area contributed by atoms with Crippen LogP contribution in [0.15, 0.2) is 62.6 Å². The van der Waals surface area contributed by atoms with Crippen LogP contribution in [0.4, 0.5) is 10.5 Å². The zero-order chi connectivity index (χ0) is 22.1. The normalized spacial score (nSPS) is 15.2. The molecular formula is C23H18N2O5S. The summed E-state index contributed by atoms with van der Waals surface area (Å²) in [7, 11) is 0. The van der Waals surface area contributed by atoms with Crippen LogP contribution in [0, 0.1) is 13.8 Å². The highest BCUT2D eigenvalue weighted by atomic mass is 32.2. The maximum atomic E-state index is 12.7. The van der Waals surface area contributed by atoms with Crippen LogP contribution >= 0.6 is 11.8 Å². The van der Waals surface area contributed by atoms with Gasteiger partial charge in [-0.25, -0.2) is 4.79 Å². The number of fused-ring (bicyclic) bond motifs is 1. The van der Waals surface area contributed by atoms with Crippen LogP contribution in [0.3, 0.4) is 0 Å². The Labute approximate surface area is 181 Å². The van der Waals surface area contributed by atoms with Gasteiger partial charge >= 0.3 is 5.63 Å². The molecule has 3 amide bonds. The van der Waals surface area contributed by atoms with Gasteiger partial charge in [0.25, 0.3) is 11.1 Å². The number of aryl methyl sites for hydroxylation is 2. The maximum absolute atomic E-state index is 12.7. The minimum absolute atomic E-state index is 0.0616. The number of anilines is 1. The van der Waals surface area contributed by atoms with E-state index in [0.29, 0.717) is 28.4 Å². The first-order chi connectivity index (χ1) is 14.8. The summed E-state index contributed by atoms with van der Waals surface area (Å²) < 4.78 is 5.26. The van der Waals surface area contributed by atoms with Crippen LogP contribution in [0.5, 0.6) is 0 Å². The molecule has 7 nitrogen and oxygen atoms in total. The zero-order valence-electron chi connectivity index (χ0n) is 16.8. The number of para-hydroxylation sites is 1. The number of carbonyl (C=O) groups excluding carboxylic acids is 3. The lowest BCUT2D eigenvalue weighted by molar-refractivity contribution is -0.127. The second-order valence-corrected chi connectivity index (χ2v) is 8.14. The summed E-state index contributed by atoms with van der Waals surface area (Å²) in [4.78, 5) is 50.5. The molecule has 1 aliphatic rings. The quantitative estimate of drug-likeness (QED) is 0.491. The molecule has 2 heterocycles. The molecule has 1 aliphatic heterocycles. The van der Waals surface area contributed by atoms with E-state index in [9.17, 15) is 19.2 Å². The fraction of sp³-hybridized carbons (Fsp3) is 0.130. The molecule has 31 heavy (non-hydrogen) atoms. The van der Waals surface area contributed by atoms with Crippen molar-refractivity contribution in [2.75, 3.05) is 11.9 Å². The van der Waals surface area contributed by atoms with Gasteiger partial charge in [-0.1, -0.05) is 24.3 Å². The Hall–Kier alpha value is -3.65. The Balaban J connectivity index is 1.52. The van der Waals surface area contributed by atoms with Gasteiger partial charge in [0.2, 0.25) is 5.91 Å². The molecule has 4 rings (SSSR count). The first-order valence-corrected chi connectivity index (χ1v) is 10.3. The molecule has 0 unspecified atom stereocenters. The molecule has 1 fully saturated rings. The summed E-state index contributed by atoms with van der Waals surface area (Å²) in [5.41, 5.74) is 2.67. The number of nitrogens with one attached hydrogen (secondary N) is 1. The van der Waals surface area contributed by atoms with E-state index in [2.05, 4.69) is 5.32 Å². The summed E-state index contributed by atoms with van der Waals surface area (Å²) in [5, 5.41) is 2.82. The van der Waals surface area contributed by atoms with Crippen LogP contribution in [-0.2, 0) is 9.59 Å². The van der Waals surface area contributed by atoms with Gasteiger partial charge in [-0.3, -0.25) is 19.3 Å². The van der Waals surface area contributed by atoms with Crippen LogP contribution in [0.25, 0.3) is 17.0 Å². The van der Waals surface area contributed by atoms with Crippen molar-refractivity contribution in [1.29, 1.82) is 0 Å². The average molecular weight is 434 g/mol. The van der Waals surface area contributed by atoms with Crippen LogP contribution in [-0.4, -0.2) is 28.5 Å². The van der Waals surface area contributed by atoms with E-state index in [4.69, 9.17) is 4.42 Å². The lowest BCUT2D eigenvalue weighted by atomic mass is 10.1. The molecule has 156 valence electrons. The highest BCUT2D eigenvalue weighted by molar-refractivity contribution is 8.18. The van der Waals surface area contributed by atoms with Gasteiger partial charge in [0.15, 0.2) is 0 Å². The number of hydrogen-bond acceptors (Lipinski definition) is 6. The number of thioether (sulfide) groups is 1. The van der Waals surface area contributed by atoms with Crippen molar-refractivity contribution < 1.29 is 18.8 Å². The number of benzene rings is 2. The summed E-state index contributed by atoms with van der Waals surface area (Å²) in [5.74, 6) is -1.12. The third-order valence-electron chi connectivity index (χ3n) is 4.92. The van der Waals surface area contributed by atoms with Gasteiger partial charge < -0.3 is 9.73 Å². The van der Waals surface area contributed by atoms with Crippen molar-refractivity contribution in [2.45, 2.75) is 13.8 Å². The Bertz CT molecular complexity index is 1330. The smallest absolute Gasteiger partial charge is 0.343 e. The first kappa shape index (κ1) is 20.6. The number of carbonyl (C=O) groups is 3. The Morgan fingerprint density at radius 2 is 1.84 bits per heavy atom. The molecule has 8 heteroatoms. The predicted octanol–water partition coefficient (Wildman–Crippen LogP) is 4.08. The molecule has 0 spiro atoms. The van der Waals surface area contributed by atoms with Crippen LogP contribution < -0.4 is 10.9 Å². The molecule has 1 aromatic heterocycles. The Morgan fingerprint density at radius 3 is 2.61 bits per heavy atom. The molecule has 1 N–H and O–H groups in total. The highest BCUT2D eigenvalue weighted by Gasteiger charge is 2.36. The number of imide groups is 1. The number of rotatable bonds is 4. The van der Waals surface area contributed by atoms with Gasteiger partial charge in [0, 0.05) is 11.1 Å². The summed E-state index contributed by atoms with van der Waals surface area (Å²) in [6, 6.07) is 14.0. The average Bonchev–Trinajstić information content (AvgIpc) is 2.98. The van der Waals surface area contributed by atoms with E-state index in [0.717, 1.165) is 16.0 Å². The fourth-order valence-electron chi connectivity index (χ4n) is 3.12. The predicted molar refractivity (Wildman–Crippen MR) is 120 cm³/mol. The van der Waals surface area contributed by atoms with E-state index in [1.165, 1.54) is 6.08 Å². The monoisotopic (exact) mass is 434 g/mol. The Kier molecular flexibility index (Phi) is 5.48. The van der Waals surface area contributed by atoms with Crippen molar-refractivity contribution in [1.82, 2.24) is 4.90 Å². The lowest BCUT2D eigenvalue weighted by Gasteiger charge is -2.13. The molecule has 0 atom stereocenters. The minimum Gasteiger partial charge on any atom is -0.422 e. The SMILES string of the molecule is Cc1ccc(NC(=O)CN2C(=O)S/C(=C/c3cc4ccccc4oc3=O)C2=O)cc1C. The van der Waals surface area contributed by atoms with Crippen LogP contribution in [0.2, 0.25) is 0 Å². The second kappa shape index (κ2) is 8.23. The number of nitrogens with zero attached hydrogens (tertiary/aromatic N) is 1. The van der Waals surface area contributed by atoms with E-state index in [-0.39, 0.29) is 10.5 Å². The largest absolute Gasteiger partial charge is 0.422 e. The summed E-state index contributed by atoms with van der Waals surface area (Å²) in [6.45, 7) is 3.47. The highest BCUT2D eigenvalue weighted by Crippen LogP contribution is 2.32. The van der Waals surface area contributed by atoms with Gasteiger partial charge in [0.05, 0.1) is 10.5 Å². The minimum atomic E-state index is -0.627. The molecule has 2 aromatic carbocycles. The molecule has 0 radical (unpaired) electrons. The molecular weight excluding hydrogens is 416 g/mol. The van der Waals surface area contributed by atoms with Gasteiger partial charge in [-0.2, -0.15) is 0 Å². The topological polar surface area (TPSA) is 96.7 Å². The summed E-state index contributed by atoms with van der Waals surface area (Å²) in [6.07, 6.45) is 1.32. The van der Waals surface area contributed by atoms with E-state index in [1.54, 1.807) is 36.4 Å². The third kappa shape index (κ3) is 4.29. The van der Waals surface area contributed by atoms with E-state index >= 15 is 0 Å². The van der Waals surface area contributed by atoms with Crippen LogP contribution in [0.1, 0.15) is 16.7 Å². The standard InChI is InChI=1S/C23H18N2O5S/c1-13-7-8-17(9-14(13)2)24-20(26)12-25-21(27)19(31-23(25)29)11-16-10-15-5-3-4-6-18(15)30-22(16)28/h3-11H,12H2,1-2H3,(H,24,26)/b19-11+. The van der Waals surface area contributed by atoms with Crippen molar-refractivity contribution in [3.63, 3.8) is 0 Å². The van der Waals surface area contributed by atoms with Crippen molar-refractivity contribution in [2.24, 2.45) is 0 Å². The fourth-order valence-corrected chi connectivity index (χ4v) is 3.95. The van der Waals surface area contributed by atoms with Crippen molar-refractivity contribution >= 4 is 51.5 Å². The number of amides is 3. The first-order valence-electron chi connectivity index (χ1n) is 9.47. The van der Waals surface area contributed by atoms with Gasteiger partial charge in [0.1, 0.15) is 12.1 Å². The van der Waals surface area contributed by atoms with Gasteiger partial charge in [-0.05, 0) is 67.1 Å². The molecule has 0 bridgehead atoms. The molecule has 0 saturated carbocycles. The summed E-state index contributed by atoms with van der Waals surface area (Å²) >= 11 is 0.681. The third-order valence-corrected chi connectivity index (χ3v) is 5.83. The Morgan fingerprint density at radius 1 is 1.06 bits per heavy atom. The zero-order valence-corrected chi connectivity index (χ0v) is 17.6. The molecule has 3 aromatic rings. The van der Waals surface area contributed by atoms with Gasteiger partial charge in [-0.15, -0.1) is 0 Å². The second-order valence-electron chi connectivity index (χ2n) is 7.14. The molecule has 1 saturated heterocycles. The lowest BCUT2D eigenvalue weighted by Crippen LogP contribution is -2.36. The molecule has 0 aliphatic carbocycles. The van der Waals surface area contributed by atoms with Crippen molar-refractivity contribution in [3.8, 4) is 0 Å². The van der Waals surface area contributed by atoms with E-state index < -0.39 is 29.2 Å². The maximum Gasteiger partial charge on any atom is 0.343 e. The van der Waals surface area contributed by atoms with Crippen molar-refractivity contribution in [3.05, 3.63) is 80.5 Å². The number of hydrogen-bond donors (Lipinski definition) is 1. The van der Waals surface area contributed by atoms with E-state index in [1.807, 2.05) is 26.0 Å².